The lowest BCUT2D eigenvalue weighted by Gasteiger charge is -2.33. The topological polar surface area (TPSA) is 96.3 Å². The summed E-state index contributed by atoms with van der Waals surface area (Å²) in [6, 6.07) is 9.60. The largest absolute Gasteiger partial charge is 0.350 e. The van der Waals surface area contributed by atoms with Crippen LogP contribution in [0.4, 0.5) is 4.79 Å². The van der Waals surface area contributed by atoms with E-state index in [-0.39, 0.29) is 18.4 Å². The minimum atomic E-state index is -0.824. The monoisotopic (exact) mass is 437 g/mol. The maximum atomic E-state index is 12.9. The summed E-state index contributed by atoms with van der Waals surface area (Å²) in [4.78, 5) is 39.0. The number of urea groups is 1. The van der Waals surface area contributed by atoms with E-state index in [0.29, 0.717) is 31.8 Å². The third-order valence-electron chi connectivity index (χ3n) is 6.84. The number of carbonyl (C=O) groups excluding carboxylic acids is 3. The second kappa shape index (κ2) is 8.76. The van der Waals surface area contributed by atoms with Crippen molar-refractivity contribution < 1.29 is 14.4 Å². The molecule has 1 spiro atoms. The standard InChI is InChI=1S/C24H31N5O3/c1-16-9-11-24(12-10-16)22(31)28(23(32)26-24)15-21(30)25-13-20-17(2)27-29(18(20)3)14-19-7-5-4-6-8-19/h4-8,16H,9-15H2,1-3H3,(H,25,30)(H,26,32). The molecule has 0 atom stereocenters. The molecule has 1 aliphatic heterocycles. The number of nitrogens with zero attached hydrogens (tertiary/aromatic N) is 3. The van der Waals surface area contributed by atoms with Gasteiger partial charge in [0.1, 0.15) is 12.1 Å². The molecule has 2 aromatic rings. The SMILES string of the molecule is Cc1nn(Cc2ccccc2)c(C)c1CNC(=O)CN1C(=O)NC2(CCC(C)CC2)C1=O. The number of aryl methyl sites for hydroxylation is 1. The Morgan fingerprint density at radius 3 is 2.56 bits per heavy atom. The molecule has 1 aliphatic carbocycles. The summed E-state index contributed by atoms with van der Waals surface area (Å²) in [5.74, 6) is -0.0751. The number of rotatable bonds is 6. The highest BCUT2D eigenvalue weighted by molar-refractivity contribution is 6.09. The predicted octanol–water partition coefficient (Wildman–Crippen LogP) is 2.67. The van der Waals surface area contributed by atoms with Crippen LogP contribution in [0.15, 0.2) is 30.3 Å². The van der Waals surface area contributed by atoms with Crippen molar-refractivity contribution in [2.45, 2.75) is 65.1 Å². The van der Waals surface area contributed by atoms with Crippen LogP contribution in [0.5, 0.6) is 0 Å². The van der Waals surface area contributed by atoms with Crippen molar-refractivity contribution in [1.82, 2.24) is 25.3 Å². The van der Waals surface area contributed by atoms with Crippen LogP contribution in [-0.2, 0) is 22.7 Å². The highest BCUT2D eigenvalue weighted by Crippen LogP contribution is 2.36. The number of benzene rings is 1. The van der Waals surface area contributed by atoms with Crippen molar-refractivity contribution in [2.75, 3.05) is 6.54 Å². The van der Waals surface area contributed by atoms with E-state index >= 15 is 0 Å². The van der Waals surface area contributed by atoms with Crippen molar-refractivity contribution in [2.24, 2.45) is 5.92 Å². The molecule has 1 saturated carbocycles. The van der Waals surface area contributed by atoms with Gasteiger partial charge in [0.05, 0.1) is 12.2 Å². The Kier molecular flexibility index (Phi) is 6.04. The zero-order chi connectivity index (χ0) is 22.9. The van der Waals surface area contributed by atoms with Gasteiger partial charge in [-0.15, -0.1) is 0 Å². The number of imide groups is 1. The minimum absolute atomic E-state index is 0.266. The van der Waals surface area contributed by atoms with Gasteiger partial charge in [-0.3, -0.25) is 19.2 Å². The van der Waals surface area contributed by atoms with Crippen LogP contribution in [0.2, 0.25) is 0 Å². The fraction of sp³-hybridized carbons (Fsp3) is 0.500. The summed E-state index contributed by atoms with van der Waals surface area (Å²) >= 11 is 0. The Morgan fingerprint density at radius 2 is 1.88 bits per heavy atom. The smallest absolute Gasteiger partial charge is 0.325 e. The van der Waals surface area contributed by atoms with Crippen LogP contribution in [0.25, 0.3) is 0 Å². The molecule has 2 fully saturated rings. The average Bonchev–Trinajstić information content (AvgIpc) is 3.16. The molecule has 2 aliphatic rings. The molecule has 1 aromatic carbocycles. The Hall–Kier alpha value is -3.16. The van der Waals surface area contributed by atoms with E-state index in [9.17, 15) is 14.4 Å². The van der Waals surface area contributed by atoms with Gasteiger partial charge in [-0.1, -0.05) is 37.3 Å². The number of amides is 4. The van der Waals surface area contributed by atoms with Crippen molar-refractivity contribution >= 4 is 17.8 Å². The first-order valence-corrected chi connectivity index (χ1v) is 11.3. The minimum Gasteiger partial charge on any atom is -0.350 e. The maximum Gasteiger partial charge on any atom is 0.325 e. The molecule has 4 rings (SSSR count). The van der Waals surface area contributed by atoms with Crippen molar-refractivity contribution in [3.05, 3.63) is 52.8 Å². The Labute approximate surface area is 188 Å². The van der Waals surface area contributed by atoms with Gasteiger partial charge in [-0.25, -0.2) is 4.79 Å². The van der Waals surface area contributed by atoms with E-state index < -0.39 is 11.6 Å². The number of hydrogen-bond donors (Lipinski definition) is 2. The average molecular weight is 438 g/mol. The fourth-order valence-electron chi connectivity index (χ4n) is 4.70. The summed E-state index contributed by atoms with van der Waals surface area (Å²) in [6.07, 6.45) is 3.07. The molecule has 2 heterocycles. The zero-order valence-electron chi connectivity index (χ0n) is 19.0. The van der Waals surface area contributed by atoms with Crippen molar-refractivity contribution in [1.29, 1.82) is 0 Å². The molecular weight excluding hydrogens is 406 g/mol. The summed E-state index contributed by atoms with van der Waals surface area (Å²) in [7, 11) is 0. The molecule has 8 heteroatoms. The molecule has 0 radical (unpaired) electrons. The molecule has 4 amide bonds. The van der Waals surface area contributed by atoms with Crippen LogP contribution in [0, 0.1) is 19.8 Å². The van der Waals surface area contributed by atoms with Crippen molar-refractivity contribution in [3.63, 3.8) is 0 Å². The predicted molar refractivity (Wildman–Crippen MR) is 120 cm³/mol. The summed E-state index contributed by atoms with van der Waals surface area (Å²) in [5, 5.41) is 10.3. The quantitative estimate of drug-likeness (QED) is 0.679. The summed E-state index contributed by atoms with van der Waals surface area (Å²) in [5.41, 5.74) is 3.11. The normalized spacial score (nSPS) is 23.0. The van der Waals surface area contributed by atoms with Gasteiger partial charge in [0.25, 0.3) is 5.91 Å². The lowest BCUT2D eigenvalue weighted by molar-refractivity contribution is -0.136. The van der Waals surface area contributed by atoms with Gasteiger partial charge in [-0.05, 0) is 51.0 Å². The van der Waals surface area contributed by atoms with E-state index in [2.05, 4.69) is 34.8 Å². The first kappa shape index (κ1) is 22.0. The van der Waals surface area contributed by atoms with Gasteiger partial charge >= 0.3 is 6.03 Å². The van der Waals surface area contributed by atoms with Crippen LogP contribution in [0.3, 0.4) is 0 Å². The highest BCUT2D eigenvalue weighted by atomic mass is 16.2. The first-order chi connectivity index (χ1) is 15.3. The van der Waals surface area contributed by atoms with E-state index in [4.69, 9.17) is 0 Å². The number of hydrogen-bond acceptors (Lipinski definition) is 4. The van der Waals surface area contributed by atoms with Gasteiger partial charge in [0.2, 0.25) is 5.91 Å². The Bertz CT molecular complexity index is 1020. The molecular formula is C24H31N5O3. The lowest BCUT2D eigenvalue weighted by Crippen LogP contribution is -2.49. The van der Waals surface area contributed by atoms with Crippen LogP contribution >= 0.6 is 0 Å². The molecule has 32 heavy (non-hydrogen) atoms. The maximum absolute atomic E-state index is 12.9. The Balaban J connectivity index is 1.36. The van der Waals surface area contributed by atoms with Gasteiger partial charge in [0.15, 0.2) is 0 Å². The second-order valence-electron chi connectivity index (χ2n) is 9.16. The zero-order valence-corrected chi connectivity index (χ0v) is 19.0. The third kappa shape index (κ3) is 4.26. The van der Waals surface area contributed by atoms with E-state index in [1.165, 1.54) is 0 Å². The Morgan fingerprint density at radius 1 is 1.19 bits per heavy atom. The van der Waals surface area contributed by atoms with E-state index in [0.717, 1.165) is 40.3 Å². The number of aromatic nitrogens is 2. The molecule has 0 unspecified atom stereocenters. The van der Waals surface area contributed by atoms with E-state index in [1.54, 1.807) is 0 Å². The molecule has 1 aromatic heterocycles. The van der Waals surface area contributed by atoms with E-state index in [1.807, 2.05) is 36.7 Å². The summed E-state index contributed by atoms with van der Waals surface area (Å²) < 4.78 is 1.93. The lowest BCUT2D eigenvalue weighted by atomic mass is 9.77. The number of nitrogens with one attached hydrogen (secondary N) is 2. The summed E-state index contributed by atoms with van der Waals surface area (Å²) in [6.45, 7) is 6.75. The fourth-order valence-corrected chi connectivity index (χ4v) is 4.70. The van der Waals surface area contributed by atoms with Crippen LogP contribution in [-0.4, -0.2) is 44.6 Å². The molecule has 170 valence electrons. The third-order valence-corrected chi connectivity index (χ3v) is 6.84. The van der Waals surface area contributed by atoms with Gasteiger partial charge < -0.3 is 10.6 Å². The van der Waals surface area contributed by atoms with Gasteiger partial charge in [-0.2, -0.15) is 5.10 Å². The van der Waals surface area contributed by atoms with Crippen LogP contribution < -0.4 is 10.6 Å². The molecule has 8 nitrogen and oxygen atoms in total. The molecule has 1 saturated heterocycles. The molecule has 2 N–H and O–H groups in total. The van der Waals surface area contributed by atoms with Crippen molar-refractivity contribution in [3.8, 4) is 0 Å². The second-order valence-corrected chi connectivity index (χ2v) is 9.16. The highest BCUT2D eigenvalue weighted by Gasteiger charge is 2.52. The first-order valence-electron chi connectivity index (χ1n) is 11.3. The molecule has 0 bridgehead atoms. The van der Waals surface area contributed by atoms with Crippen LogP contribution in [0.1, 0.15) is 55.1 Å². The number of carbonyl (C=O) groups is 3. The van der Waals surface area contributed by atoms with Gasteiger partial charge in [0, 0.05) is 17.8 Å².